The normalized spacial score (nSPS) is 14.9. The number of sulfone groups is 1. The van der Waals surface area contributed by atoms with Crippen LogP contribution in [0.5, 0.6) is 0 Å². The number of hydrogen-bond donors (Lipinski definition) is 1. The maximum Gasteiger partial charge on any atom is 0.150 e. The van der Waals surface area contributed by atoms with E-state index in [2.05, 4.69) is 0 Å². The Morgan fingerprint density at radius 1 is 1.24 bits per heavy atom. The summed E-state index contributed by atoms with van der Waals surface area (Å²) in [5.74, 6) is 0.313. The van der Waals surface area contributed by atoms with Gasteiger partial charge >= 0.3 is 0 Å². The molecular formula is C12H26O4S. The maximum absolute atomic E-state index is 11.3. The van der Waals surface area contributed by atoms with Crippen molar-refractivity contribution in [2.24, 2.45) is 0 Å². The molecule has 0 aliphatic carbocycles. The van der Waals surface area contributed by atoms with Crippen molar-refractivity contribution >= 4 is 9.84 Å². The molecule has 0 aromatic heterocycles. The molecule has 5 heteroatoms. The summed E-state index contributed by atoms with van der Waals surface area (Å²) < 4.78 is 28.1. The number of aliphatic hydroxyl groups is 1. The first-order valence-electron chi connectivity index (χ1n) is 6.31. The Morgan fingerprint density at radius 3 is 2.12 bits per heavy atom. The van der Waals surface area contributed by atoms with Crippen LogP contribution in [0.15, 0.2) is 0 Å². The van der Waals surface area contributed by atoms with Gasteiger partial charge < -0.3 is 9.84 Å². The summed E-state index contributed by atoms with van der Waals surface area (Å²) in [5, 5.41) is 10.1. The molecule has 0 heterocycles. The van der Waals surface area contributed by atoms with Crippen LogP contribution in [0.4, 0.5) is 0 Å². The van der Waals surface area contributed by atoms with Crippen LogP contribution in [0.25, 0.3) is 0 Å². The lowest BCUT2D eigenvalue weighted by atomic mass is 9.88. The summed E-state index contributed by atoms with van der Waals surface area (Å²) >= 11 is 0. The molecule has 0 aromatic carbocycles. The van der Waals surface area contributed by atoms with Crippen LogP contribution >= 0.6 is 0 Å². The van der Waals surface area contributed by atoms with Gasteiger partial charge in [-0.1, -0.05) is 20.8 Å². The van der Waals surface area contributed by atoms with Crippen LogP contribution < -0.4 is 0 Å². The lowest BCUT2D eigenvalue weighted by molar-refractivity contribution is -0.110. The van der Waals surface area contributed by atoms with Gasteiger partial charge in [-0.2, -0.15) is 0 Å². The van der Waals surface area contributed by atoms with Crippen molar-refractivity contribution in [2.45, 2.75) is 58.2 Å². The molecular weight excluding hydrogens is 240 g/mol. The SMILES string of the molecule is CCC(CC)(OC)C(O)CCCS(=O)(=O)CC. The molecule has 0 radical (unpaired) electrons. The molecule has 0 saturated heterocycles. The highest BCUT2D eigenvalue weighted by Gasteiger charge is 2.34. The van der Waals surface area contributed by atoms with Gasteiger partial charge in [0.05, 0.1) is 17.5 Å². The average Bonchev–Trinajstić information content (AvgIpc) is 2.32. The third-order valence-electron chi connectivity index (χ3n) is 3.58. The van der Waals surface area contributed by atoms with Gasteiger partial charge in [0.1, 0.15) is 9.84 Å². The molecule has 0 aromatic rings. The molecule has 4 nitrogen and oxygen atoms in total. The molecule has 1 unspecified atom stereocenters. The second-order valence-corrected chi connectivity index (χ2v) is 6.84. The third-order valence-corrected chi connectivity index (χ3v) is 5.37. The van der Waals surface area contributed by atoms with E-state index < -0.39 is 21.5 Å². The van der Waals surface area contributed by atoms with Gasteiger partial charge in [0.2, 0.25) is 0 Å². The van der Waals surface area contributed by atoms with Gasteiger partial charge in [0.25, 0.3) is 0 Å². The zero-order valence-electron chi connectivity index (χ0n) is 11.4. The Kier molecular flexibility index (Phi) is 7.28. The predicted octanol–water partition coefficient (Wildman–Crippen LogP) is 1.77. The van der Waals surface area contributed by atoms with Crippen LogP contribution in [-0.2, 0) is 14.6 Å². The molecule has 0 aliphatic rings. The number of ether oxygens (including phenoxy) is 1. The lowest BCUT2D eigenvalue weighted by Gasteiger charge is -2.35. The second-order valence-electron chi connectivity index (χ2n) is 4.37. The molecule has 1 N–H and O–H groups in total. The second kappa shape index (κ2) is 7.34. The van der Waals surface area contributed by atoms with Crippen molar-refractivity contribution in [2.75, 3.05) is 18.6 Å². The Labute approximate surface area is 105 Å². The third kappa shape index (κ3) is 4.94. The van der Waals surface area contributed by atoms with Crippen LogP contribution in [0, 0.1) is 0 Å². The van der Waals surface area contributed by atoms with E-state index >= 15 is 0 Å². The minimum atomic E-state index is -2.93. The van der Waals surface area contributed by atoms with Gasteiger partial charge in [-0.05, 0) is 25.7 Å². The topological polar surface area (TPSA) is 63.6 Å². The van der Waals surface area contributed by atoms with Crippen LogP contribution in [0.3, 0.4) is 0 Å². The van der Waals surface area contributed by atoms with E-state index in [0.717, 1.165) is 12.8 Å². The van der Waals surface area contributed by atoms with Crippen LogP contribution in [0.1, 0.15) is 46.5 Å². The Morgan fingerprint density at radius 2 is 1.76 bits per heavy atom. The van der Waals surface area contributed by atoms with Gasteiger partial charge in [-0.25, -0.2) is 8.42 Å². The number of hydrogen-bond acceptors (Lipinski definition) is 4. The van der Waals surface area contributed by atoms with Crippen molar-refractivity contribution in [3.63, 3.8) is 0 Å². The Balaban J connectivity index is 4.30. The first-order valence-corrected chi connectivity index (χ1v) is 8.13. The van der Waals surface area contributed by atoms with Crippen molar-refractivity contribution in [1.29, 1.82) is 0 Å². The fourth-order valence-electron chi connectivity index (χ4n) is 2.05. The van der Waals surface area contributed by atoms with Gasteiger partial charge in [-0.15, -0.1) is 0 Å². The molecule has 0 fully saturated rings. The molecule has 0 spiro atoms. The standard InChI is InChI=1S/C12H26O4S/c1-5-12(6-2,16-4)11(13)9-8-10-17(14,15)7-3/h11,13H,5-10H2,1-4H3. The van der Waals surface area contributed by atoms with Crippen molar-refractivity contribution in [3.05, 3.63) is 0 Å². The highest BCUT2D eigenvalue weighted by atomic mass is 32.2. The average molecular weight is 266 g/mol. The van der Waals surface area contributed by atoms with Gasteiger partial charge in [0.15, 0.2) is 0 Å². The van der Waals surface area contributed by atoms with E-state index in [0.29, 0.717) is 12.8 Å². The van der Waals surface area contributed by atoms with E-state index in [9.17, 15) is 13.5 Å². The van der Waals surface area contributed by atoms with E-state index in [1.807, 2.05) is 13.8 Å². The Bertz CT molecular complexity index is 285. The molecule has 0 aliphatic heterocycles. The summed E-state index contributed by atoms with van der Waals surface area (Å²) in [5.41, 5.74) is -0.532. The summed E-state index contributed by atoms with van der Waals surface area (Å²) in [4.78, 5) is 0. The van der Waals surface area contributed by atoms with Crippen molar-refractivity contribution in [1.82, 2.24) is 0 Å². The molecule has 104 valence electrons. The minimum Gasteiger partial charge on any atom is -0.390 e. The monoisotopic (exact) mass is 266 g/mol. The summed E-state index contributed by atoms with van der Waals surface area (Å²) in [7, 11) is -1.34. The zero-order chi connectivity index (χ0) is 13.5. The largest absolute Gasteiger partial charge is 0.390 e. The van der Waals surface area contributed by atoms with Crippen molar-refractivity contribution in [3.8, 4) is 0 Å². The molecule has 0 bridgehead atoms. The molecule has 0 amide bonds. The fraction of sp³-hybridized carbons (Fsp3) is 1.00. The maximum atomic E-state index is 11.3. The number of aliphatic hydroxyl groups excluding tert-OH is 1. The van der Waals surface area contributed by atoms with Crippen LogP contribution in [0.2, 0.25) is 0 Å². The molecule has 0 rings (SSSR count). The summed E-state index contributed by atoms with van der Waals surface area (Å²) in [6, 6.07) is 0. The van der Waals surface area contributed by atoms with Gasteiger partial charge in [-0.3, -0.25) is 0 Å². The van der Waals surface area contributed by atoms with E-state index in [4.69, 9.17) is 4.74 Å². The highest BCUT2D eigenvalue weighted by Crippen LogP contribution is 2.26. The van der Waals surface area contributed by atoms with Gasteiger partial charge in [0, 0.05) is 12.9 Å². The lowest BCUT2D eigenvalue weighted by Crippen LogP contribution is -2.43. The number of rotatable bonds is 9. The molecule has 0 saturated carbocycles. The first-order chi connectivity index (χ1) is 7.87. The minimum absolute atomic E-state index is 0.147. The predicted molar refractivity (Wildman–Crippen MR) is 69.9 cm³/mol. The smallest absolute Gasteiger partial charge is 0.150 e. The molecule has 1 atom stereocenters. The highest BCUT2D eigenvalue weighted by molar-refractivity contribution is 7.91. The zero-order valence-corrected chi connectivity index (χ0v) is 12.2. The van der Waals surface area contributed by atoms with E-state index in [1.165, 1.54) is 0 Å². The van der Waals surface area contributed by atoms with E-state index in [1.54, 1.807) is 14.0 Å². The quantitative estimate of drug-likeness (QED) is 0.691. The molecule has 17 heavy (non-hydrogen) atoms. The van der Waals surface area contributed by atoms with Crippen molar-refractivity contribution < 1.29 is 18.3 Å². The fourth-order valence-corrected chi connectivity index (χ4v) is 2.95. The first kappa shape index (κ1) is 16.9. The van der Waals surface area contributed by atoms with E-state index in [-0.39, 0.29) is 11.5 Å². The Hall–Kier alpha value is -0.130. The summed E-state index contributed by atoms with van der Waals surface area (Å²) in [6.07, 6.45) is 1.80. The number of methoxy groups -OCH3 is 1. The van der Waals surface area contributed by atoms with Crippen LogP contribution in [-0.4, -0.2) is 43.8 Å². The summed E-state index contributed by atoms with van der Waals surface area (Å²) in [6.45, 7) is 5.58.